The van der Waals surface area contributed by atoms with E-state index in [9.17, 15) is 13.6 Å². The predicted octanol–water partition coefficient (Wildman–Crippen LogP) is 2.93. The fourth-order valence-electron chi connectivity index (χ4n) is 4.85. The Kier molecular flexibility index (Phi) is 5.17. The smallest absolute Gasteiger partial charge is 0.246 e. The van der Waals surface area contributed by atoms with Gasteiger partial charge in [0.15, 0.2) is 5.65 Å². The second-order valence-electron chi connectivity index (χ2n) is 9.10. The van der Waals surface area contributed by atoms with Crippen LogP contribution in [0.5, 0.6) is 0 Å². The minimum Gasteiger partial charge on any atom is -0.383 e. The molecule has 0 bridgehead atoms. The van der Waals surface area contributed by atoms with Crippen molar-refractivity contribution in [3.63, 3.8) is 0 Å². The molecule has 182 valence electrons. The number of benzene rings is 1. The highest BCUT2D eigenvalue weighted by Crippen LogP contribution is 2.37. The molecule has 1 saturated carbocycles. The maximum Gasteiger partial charge on any atom is 0.246 e. The summed E-state index contributed by atoms with van der Waals surface area (Å²) in [4.78, 5) is 26.4. The van der Waals surface area contributed by atoms with Crippen molar-refractivity contribution in [3.8, 4) is 11.8 Å². The standard InChI is InChI=1S/C25H22F2N8O/c1-2-22(36)33-11-17(8-16(33)10-26)35-25-23(24(28)29-12-30-25)19(32-35)6-3-14-7-20-21(9-18(14)27)34(13-31-20)15-4-5-15/h2,7,9,12-13,15-17H,1,4-5,8,10-11H2,(H2,28,29,30)/t16-,17?/m1/s1. The molecule has 2 fully saturated rings. The summed E-state index contributed by atoms with van der Waals surface area (Å²) in [5, 5.41) is 5.02. The van der Waals surface area contributed by atoms with E-state index in [1.807, 2.05) is 4.57 Å². The molecule has 0 spiro atoms. The normalized spacial score (nSPS) is 19.6. The highest BCUT2D eigenvalue weighted by Gasteiger charge is 2.37. The molecule has 36 heavy (non-hydrogen) atoms. The van der Waals surface area contributed by atoms with Crippen LogP contribution in [0, 0.1) is 17.7 Å². The number of carbonyl (C=O) groups is 1. The highest BCUT2D eigenvalue weighted by molar-refractivity contribution is 5.91. The van der Waals surface area contributed by atoms with Gasteiger partial charge in [-0.05, 0) is 37.3 Å². The maximum atomic E-state index is 14.9. The Bertz CT molecular complexity index is 1590. The molecule has 1 aromatic carbocycles. The van der Waals surface area contributed by atoms with E-state index in [4.69, 9.17) is 5.73 Å². The summed E-state index contributed by atoms with van der Waals surface area (Å²) in [6, 6.07) is 2.53. The quantitative estimate of drug-likeness (QED) is 0.350. The Labute approximate surface area is 204 Å². The van der Waals surface area contributed by atoms with Crippen LogP contribution in [-0.4, -0.2) is 59.4 Å². The Morgan fingerprint density at radius 2 is 2.06 bits per heavy atom. The van der Waals surface area contributed by atoms with Gasteiger partial charge in [0.25, 0.3) is 0 Å². The van der Waals surface area contributed by atoms with Gasteiger partial charge >= 0.3 is 0 Å². The number of hydrogen-bond donors (Lipinski definition) is 1. The molecule has 4 aromatic rings. The van der Waals surface area contributed by atoms with Crippen LogP contribution in [0.4, 0.5) is 14.6 Å². The molecule has 1 unspecified atom stereocenters. The lowest BCUT2D eigenvalue weighted by Crippen LogP contribution is -2.35. The summed E-state index contributed by atoms with van der Waals surface area (Å²) in [5.74, 6) is 5.15. The van der Waals surface area contributed by atoms with Gasteiger partial charge < -0.3 is 15.2 Å². The summed E-state index contributed by atoms with van der Waals surface area (Å²) < 4.78 is 32.2. The van der Waals surface area contributed by atoms with Crippen LogP contribution in [0.2, 0.25) is 0 Å². The van der Waals surface area contributed by atoms with Gasteiger partial charge in [-0.25, -0.2) is 28.4 Å². The third-order valence-electron chi connectivity index (χ3n) is 6.81. The fourth-order valence-corrected chi connectivity index (χ4v) is 4.85. The topological polar surface area (TPSA) is 108 Å². The molecular formula is C25H22F2N8O. The van der Waals surface area contributed by atoms with Gasteiger partial charge in [0, 0.05) is 18.7 Å². The zero-order valence-electron chi connectivity index (χ0n) is 19.2. The predicted molar refractivity (Wildman–Crippen MR) is 129 cm³/mol. The Morgan fingerprint density at radius 3 is 2.81 bits per heavy atom. The number of anilines is 1. The zero-order chi connectivity index (χ0) is 25.0. The second-order valence-corrected chi connectivity index (χ2v) is 9.10. The molecule has 2 aliphatic rings. The van der Waals surface area contributed by atoms with Crippen LogP contribution < -0.4 is 5.73 Å². The molecule has 0 radical (unpaired) electrons. The average Bonchev–Trinajstić information content (AvgIpc) is 3.33. The first-order chi connectivity index (χ1) is 17.5. The van der Waals surface area contributed by atoms with Crippen LogP contribution in [0.25, 0.3) is 22.1 Å². The molecule has 9 nitrogen and oxygen atoms in total. The third-order valence-corrected chi connectivity index (χ3v) is 6.81. The first-order valence-corrected chi connectivity index (χ1v) is 11.6. The average molecular weight is 489 g/mol. The third kappa shape index (κ3) is 3.57. The van der Waals surface area contributed by atoms with Crippen LogP contribution in [0.1, 0.15) is 42.6 Å². The number of nitrogens with zero attached hydrogens (tertiary/aromatic N) is 7. The molecule has 1 saturated heterocycles. The number of carbonyl (C=O) groups excluding carboxylic acids is 1. The number of fused-ring (bicyclic) bond motifs is 2. The Balaban J connectivity index is 1.40. The number of imidazole rings is 1. The summed E-state index contributed by atoms with van der Waals surface area (Å²) in [6.07, 6.45) is 6.70. The number of aromatic nitrogens is 6. The lowest BCUT2D eigenvalue weighted by Gasteiger charge is -2.20. The number of likely N-dealkylation sites (tertiary alicyclic amines) is 1. The van der Waals surface area contributed by atoms with Gasteiger partial charge in [0.1, 0.15) is 30.3 Å². The van der Waals surface area contributed by atoms with Crippen molar-refractivity contribution in [2.75, 3.05) is 19.0 Å². The molecule has 2 N–H and O–H groups in total. The number of alkyl halides is 1. The number of hydrogen-bond acceptors (Lipinski definition) is 6. The van der Waals surface area contributed by atoms with E-state index >= 15 is 0 Å². The molecular weight excluding hydrogens is 466 g/mol. The van der Waals surface area contributed by atoms with Gasteiger partial charge in [0.05, 0.1) is 40.4 Å². The van der Waals surface area contributed by atoms with Crippen molar-refractivity contribution in [2.24, 2.45) is 0 Å². The maximum absolute atomic E-state index is 14.9. The molecule has 6 rings (SSSR count). The highest BCUT2D eigenvalue weighted by atomic mass is 19.1. The molecule has 11 heteroatoms. The van der Waals surface area contributed by atoms with Crippen molar-refractivity contribution in [2.45, 2.75) is 37.4 Å². The van der Waals surface area contributed by atoms with E-state index in [1.54, 1.807) is 17.1 Å². The Morgan fingerprint density at radius 1 is 1.22 bits per heavy atom. The number of nitrogen functional groups attached to an aromatic ring is 1. The molecule has 1 aliphatic carbocycles. The van der Waals surface area contributed by atoms with Gasteiger partial charge in [-0.1, -0.05) is 12.5 Å². The monoisotopic (exact) mass is 488 g/mol. The molecule has 4 heterocycles. The van der Waals surface area contributed by atoms with Crippen molar-refractivity contribution in [1.82, 2.24) is 34.2 Å². The van der Waals surface area contributed by atoms with Crippen LogP contribution in [-0.2, 0) is 4.79 Å². The summed E-state index contributed by atoms with van der Waals surface area (Å²) in [6.45, 7) is 3.06. The molecule has 1 aliphatic heterocycles. The van der Waals surface area contributed by atoms with Crippen molar-refractivity contribution >= 4 is 33.8 Å². The van der Waals surface area contributed by atoms with Gasteiger partial charge in [-0.2, -0.15) is 5.10 Å². The van der Waals surface area contributed by atoms with E-state index in [0.717, 1.165) is 18.4 Å². The summed E-state index contributed by atoms with van der Waals surface area (Å²) in [5.41, 5.74) is 8.42. The van der Waals surface area contributed by atoms with Crippen molar-refractivity contribution < 1.29 is 13.6 Å². The lowest BCUT2D eigenvalue weighted by atomic mass is 10.1. The Hall–Kier alpha value is -4.33. The molecule has 2 atom stereocenters. The van der Waals surface area contributed by atoms with E-state index in [0.29, 0.717) is 29.0 Å². The van der Waals surface area contributed by atoms with E-state index in [1.165, 1.54) is 23.4 Å². The fraction of sp³-hybridized carbons (Fsp3) is 0.320. The van der Waals surface area contributed by atoms with Gasteiger partial charge in [0.2, 0.25) is 5.91 Å². The molecule has 3 aromatic heterocycles. The van der Waals surface area contributed by atoms with Gasteiger partial charge in [-0.15, -0.1) is 0 Å². The molecule has 1 amide bonds. The first-order valence-electron chi connectivity index (χ1n) is 11.6. The zero-order valence-corrected chi connectivity index (χ0v) is 19.2. The number of rotatable bonds is 4. The number of amides is 1. The van der Waals surface area contributed by atoms with E-state index in [-0.39, 0.29) is 35.6 Å². The SMILES string of the molecule is C=CC(=O)N1CC(n2nc(C#Cc3cc4ncn(C5CC5)c4cc3F)c3c(N)ncnc32)C[C@@H]1CF. The lowest BCUT2D eigenvalue weighted by molar-refractivity contribution is -0.127. The van der Waals surface area contributed by atoms with Crippen molar-refractivity contribution in [3.05, 3.63) is 54.5 Å². The second kappa shape index (κ2) is 8.41. The minimum atomic E-state index is -0.683. The largest absolute Gasteiger partial charge is 0.383 e. The number of halogens is 2. The minimum absolute atomic E-state index is 0.175. The summed E-state index contributed by atoms with van der Waals surface area (Å²) in [7, 11) is 0. The van der Waals surface area contributed by atoms with E-state index in [2.05, 4.69) is 38.5 Å². The van der Waals surface area contributed by atoms with Crippen molar-refractivity contribution in [1.29, 1.82) is 0 Å². The first kappa shape index (κ1) is 22.2. The van der Waals surface area contributed by atoms with Crippen LogP contribution >= 0.6 is 0 Å². The van der Waals surface area contributed by atoms with Gasteiger partial charge in [-0.3, -0.25) is 4.79 Å². The van der Waals surface area contributed by atoms with Crippen LogP contribution in [0.15, 0.2) is 37.4 Å². The van der Waals surface area contributed by atoms with Crippen LogP contribution in [0.3, 0.4) is 0 Å². The summed E-state index contributed by atoms with van der Waals surface area (Å²) >= 11 is 0. The van der Waals surface area contributed by atoms with E-state index < -0.39 is 18.5 Å². The number of nitrogens with two attached hydrogens (primary N) is 1.